The van der Waals surface area contributed by atoms with Crippen molar-refractivity contribution in [3.05, 3.63) is 51.4 Å². The van der Waals surface area contributed by atoms with Crippen molar-refractivity contribution in [1.29, 1.82) is 0 Å². The van der Waals surface area contributed by atoms with E-state index in [-0.39, 0.29) is 23.1 Å². The van der Waals surface area contributed by atoms with Crippen LogP contribution in [0.1, 0.15) is 37.0 Å². The van der Waals surface area contributed by atoms with Gasteiger partial charge < -0.3 is 10.4 Å². The Morgan fingerprint density at radius 3 is 2.88 bits per heavy atom. The molecule has 128 valence electrons. The normalized spacial score (nSPS) is 18.0. The summed E-state index contributed by atoms with van der Waals surface area (Å²) in [4.78, 5) is 24.4. The van der Waals surface area contributed by atoms with Crippen LogP contribution in [0.5, 0.6) is 0 Å². The van der Waals surface area contributed by atoms with Gasteiger partial charge in [-0.2, -0.15) is 0 Å². The first-order valence-electron chi connectivity index (χ1n) is 7.77. The zero-order chi connectivity index (χ0) is 17.7. The molecule has 0 aliphatic carbocycles. The molecule has 1 aliphatic heterocycles. The molecule has 1 amide bonds. The number of carbonyl (C=O) groups is 2. The Hall–Kier alpha value is -1.72. The highest BCUT2D eigenvalue weighted by Gasteiger charge is 2.21. The molecule has 1 aromatic carbocycles. The average Bonchev–Trinajstić information content (AvgIpc) is 2.55. The van der Waals surface area contributed by atoms with E-state index in [0.717, 1.165) is 18.6 Å². The van der Waals surface area contributed by atoms with Gasteiger partial charge in [-0.1, -0.05) is 36.2 Å². The van der Waals surface area contributed by atoms with Gasteiger partial charge in [0.25, 0.3) is 5.91 Å². The highest BCUT2D eigenvalue weighted by molar-refractivity contribution is 8.04. The van der Waals surface area contributed by atoms with Crippen LogP contribution in [0, 0.1) is 5.92 Å². The standard InChI is InChI=1S/C18H20ClNO3S/c1-3-4-11(2)12-7-8-24-16(9-12)17(21)20-15-10-13(19)5-6-14(15)18(22)23/h4-6,9-10,12H,3,7-8H2,1-2H3,(H,20,21)(H,22,23)/b11-4+. The van der Waals surface area contributed by atoms with E-state index >= 15 is 0 Å². The predicted molar refractivity (Wildman–Crippen MR) is 99.7 cm³/mol. The van der Waals surface area contributed by atoms with E-state index in [0.29, 0.717) is 9.93 Å². The second kappa shape index (κ2) is 8.40. The van der Waals surface area contributed by atoms with Gasteiger partial charge in [0.1, 0.15) is 0 Å². The number of anilines is 1. The fraction of sp³-hybridized carbons (Fsp3) is 0.333. The van der Waals surface area contributed by atoms with Crippen LogP contribution in [0.4, 0.5) is 5.69 Å². The van der Waals surface area contributed by atoms with E-state index in [1.54, 1.807) is 0 Å². The summed E-state index contributed by atoms with van der Waals surface area (Å²) in [5, 5.41) is 12.3. The Morgan fingerprint density at radius 2 is 2.21 bits per heavy atom. The van der Waals surface area contributed by atoms with Gasteiger partial charge in [0.15, 0.2) is 0 Å². The van der Waals surface area contributed by atoms with Gasteiger partial charge in [-0.05, 0) is 49.6 Å². The van der Waals surface area contributed by atoms with Gasteiger partial charge in [-0.15, -0.1) is 11.8 Å². The summed E-state index contributed by atoms with van der Waals surface area (Å²) < 4.78 is 0. The Morgan fingerprint density at radius 1 is 1.46 bits per heavy atom. The number of halogens is 1. The molecule has 2 rings (SSSR count). The lowest BCUT2D eigenvalue weighted by atomic mass is 9.95. The van der Waals surface area contributed by atoms with E-state index in [1.807, 2.05) is 6.08 Å². The zero-order valence-electron chi connectivity index (χ0n) is 13.6. The van der Waals surface area contributed by atoms with Crippen LogP contribution in [0.25, 0.3) is 0 Å². The Bertz CT molecular complexity index is 712. The van der Waals surface area contributed by atoms with Crippen LogP contribution in [0.3, 0.4) is 0 Å². The summed E-state index contributed by atoms with van der Waals surface area (Å²) >= 11 is 7.41. The molecule has 0 radical (unpaired) electrons. The van der Waals surface area contributed by atoms with E-state index in [1.165, 1.54) is 35.5 Å². The number of hydrogen-bond donors (Lipinski definition) is 2. The van der Waals surface area contributed by atoms with Crippen LogP contribution in [-0.2, 0) is 4.79 Å². The number of rotatable bonds is 5. The van der Waals surface area contributed by atoms with Crippen molar-refractivity contribution >= 4 is 40.9 Å². The maximum absolute atomic E-state index is 12.5. The summed E-state index contributed by atoms with van der Waals surface area (Å²) in [5.41, 5.74) is 1.49. The minimum atomic E-state index is -1.10. The number of benzene rings is 1. The minimum absolute atomic E-state index is 0.0211. The van der Waals surface area contributed by atoms with Gasteiger partial charge in [0.05, 0.1) is 16.2 Å². The number of carbonyl (C=O) groups excluding carboxylic acids is 1. The highest BCUT2D eigenvalue weighted by Crippen LogP contribution is 2.33. The molecule has 24 heavy (non-hydrogen) atoms. The maximum atomic E-state index is 12.5. The van der Waals surface area contributed by atoms with E-state index in [9.17, 15) is 14.7 Å². The molecule has 1 unspecified atom stereocenters. The van der Waals surface area contributed by atoms with Crippen LogP contribution in [0.2, 0.25) is 5.02 Å². The minimum Gasteiger partial charge on any atom is -0.478 e. The Kier molecular flexibility index (Phi) is 6.52. The molecule has 6 heteroatoms. The lowest BCUT2D eigenvalue weighted by molar-refractivity contribution is -0.112. The third kappa shape index (κ3) is 4.65. The quantitative estimate of drug-likeness (QED) is 0.723. The van der Waals surface area contributed by atoms with E-state index < -0.39 is 5.97 Å². The van der Waals surface area contributed by atoms with Gasteiger partial charge >= 0.3 is 5.97 Å². The number of thioether (sulfide) groups is 1. The second-order valence-electron chi connectivity index (χ2n) is 5.58. The van der Waals surface area contributed by atoms with Crippen molar-refractivity contribution in [1.82, 2.24) is 0 Å². The first kappa shape index (κ1) is 18.6. The van der Waals surface area contributed by atoms with Crippen LogP contribution >= 0.6 is 23.4 Å². The molecular formula is C18H20ClNO3S. The molecule has 1 heterocycles. The van der Waals surface area contributed by atoms with Crippen molar-refractivity contribution < 1.29 is 14.7 Å². The molecule has 4 nitrogen and oxygen atoms in total. The van der Waals surface area contributed by atoms with Gasteiger partial charge in [0.2, 0.25) is 0 Å². The van der Waals surface area contributed by atoms with Crippen LogP contribution < -0.4 is 5.32 Å². The summed E-state index contributed by atoms with van der Waals surface area (Å²) in [6, 6.07) is 4.33. The largest absolute Gasteiger partial charge is 0.478 e. The Labute approximate surface area is 151 Å². The van der Waals surface area contributed by atoms with Crippen molar-refractivity contribution in [2.45, 2.75) is 26.7 Å². The van der Waals surface area contributed by atoms with Crippen molar-refractivity contribution in [2.75, 3.05) is 11.1 Å². The molecular weight excluding hydrogens is 346 g/mol. The maximum Gasteiger partial charge on any atom is 0.337 e. The molecule has 1 aromatic rings. The van der Waals surface area contributed by atoms with Crippen molar-refractivity contribution in [3.63, 3.8) is 0 Å². The highest BCUT2D eigenvalue weighted by atomic mass is 35.5. The number of amides is 1. The fourth-order valence-corrected chi connectivity index (χ4v) is 3.78. The molecule has 1 atom stereocenters. The van der Waals surface area contributed by atoms with E-state index in [2.05, 4.69) is 25.2 Å². The van der Waals surface area contributed by atoms with Gasteiger partial charge in [-0.25, -0.2) is 4.79 Å². The van der Waals surface area contributed by atoms with Crippen molar-refractivity contribution in [2.24, 2.45) is 5.92 Å². The zero-order valence-corrected chi connectivity index (χ0v) is 15.2. The second-order valence-corrected chi connectivity index (χ2v) is 7.15. The number of hydrogen-bond acceptors (Lipinski definition) is 3. The molecule has 2 N–H and O–H groups in total. The molecule has 1 aliphatic rings. The average molecular weight is 366 g/mol. The first-order valence-corrected chi connectivity index (χ1v) is 9.14. The number of allylic oxidation sites excluding steroid dienone is 3. The fourth-order valence-electron chi connectivity index (χ4n) is 2.57. The molecule has 0 spiro atoms. The third-order valence-electron chi connectivity index (χ3n) is 3.83. The Balaban J connectivity index is 2.22. The smallest absolute Gasteiger partial charge is 0.337 e. The lowest BCUT2D eigenvalue weighted by Gasteiger charge is -2.21. The third-order valence-corrected chi connectivity index (χ3v) is 5.14. The van der Waals surface area contributed by atoms with Crippen LogP contribution in [-0.4, -0.2) is 22.7 Å². The van der Waals surface area contributed by atoms with E-state index in [4.69, 9.17) is 11.6 Å². The summed E-state index contributed by atoms with van der Waals surface area (Å²) in [5.74, 6) is -0.281. The lowest BCUT2D eigenvalue weighted by Crippen LogP contribution is -2.19. The van der Waals surface area contributed by atoms with Crippen LogP contribution in [0.15, 0.2) is 40.8 Å². The number of carboxylic acid groups (broad SMARTS) is 1. The van der Waals surface area contributed by atoms with Crippen molar-refractivity contribution in [3.8, 4) is 0 Å². The molecule has 0 saturated carbocycles. The summed E-state index contributed by atoms with van der Waals surface area (Å²) in [6.07, 6.45) is 6.11. The molecule has 0 fully saturated rings. The SMILES string of the molecule is CC/C=C(\C)C1C=C(C(=O)Nc2cc(Cl)ccc2C(=O)O)SCC1. The topological polar surface area (TPSA) is 66.4 Å². The summed E-state index contributed by atoms with van der Waals surface area (Å²) in [6.45, 7) is 4.17. The number of nitrogens with one attached hydrogen (secondary N) is 1. The monoisotopic (exact) mass is 365 g/mol. The molecule has 0 aromatic heterocycles. The molecule has 0 saturated heterocycles. The number of carboxylic acids is 1. The van der Waals surface area contributed by atoms with Gasteiger partial charge in [-0.3, -0.25) is 4.79 Å². The molecule has 0 bridgehead atoms. The predicted octanol–water partition coefficient (Wildman–Crippen LogP) is 4.97. The summed E-state index contributed by atoms with van der Waals surface area (Å²) in [7, 11) is 0. The first-order chi connectivity index (χ1) is 11.4. The van der Waals surface area contributed by atoms with Gasteiger partial charge in [0, 0.05) is 5.02 Å². The number of aromatic carboxylic acids is 1.